The standard InChI is InChI=1S/C10H8ClN3O/c1-5(15)9-7-4-6(11)2-3-8(7)13-10(12)14-9/h2-4H,1H3,(H2,12,13,14). The number of nitrogens with zero attached hydrogens (tertiary/aromatic N) is 2. The zero-order valence-corrected chi connectivity index (χ0v) is 8.75. The molecule has 15 heavy (non-hydrogen) atoms. The van der Waals surface area contributed by atoms with Crippen molar-refractivity contribution in [3.8, 4) is 0 Å². The van der Waals surface area contributed by atoms with Gasteiger partial charge >= 0.3 is 0 Å². The third-order valence-corrected chi connectivity index (χ3v) is 2.24. The molecule has 0 atom stereocenters. The number of nitrogen functional groups attached to an aromatic ring is 1. The molecule has 0 amide bonds. The van der Waals surface area contributed by atoms with Crippen LogP contribution in [0.4, 0.5) is 5.95 Å². The Balaban J connectivity index is 2.87. The summed E-state index contributed by atoms with van der Waals surface area (Å²) in [5, 5.41) is 1.17. The smallest absolute Gasteiger partial charge is 0.221 e. The van der Waals surface area contributed by atoms with Gasteiger partial charge in [0.2, 0.25) is 5.95 Å². The minimum atomic E-state index is -0.156. The highest BCUT2D eigenvalue weighted by Crippen LogP contribution is 2.21. The number of hydrogen-bond acceptors (Lipinski definition) is 4. The third kappa shape index (κ3) is 1.76. The van der Waals surface area contributed by atoms with E-state index in [-0.39, 0.29) is 11.7 Å². The first-order chi connectivity index (χ1) is 7.08. The summed E-state index contributed by atoms with van der Waals surface area (Å²) in [5.74, 6) is -0.0635. The van der Waals surface area contributed by atoms with E-state index in [1.165, 1.54) is 6.92 Å². The van der Waals surface area contributed by atoms with Gasteiger partial charge in [0.25, 0.3) is 0 Å². The number of anilines is 1. The molecule has 0 fully saturated rings. The molecule has 2 N–H and O–H groups in total. The molecule has 0 radical (unpaired) electrons. The average molecular weight is 222 g/mol. The molecular weight excluding hydrogens is 214 g/mol. The number of nitrogens with two attached hydrogens (primary N) is 1. The van der Waals surface area contributed by atoms with Crippen molar-refractivity contribution in [3.05, 3.63) is 28.9 Å². The van der Waals surface area contributed by atoms with Crippen molar-refractivity contribution in [2.75, 3.05) is 5.73 Å². The summed E-state index contributed by atoms with van der Waals surface area (Å²) in [7, 11) is 0. The van der Waals surface area contributed by atoms with Gasteiger partial charge in [-0.2, -0.15) is 0 Å². The van der Waals surface area contributed by atoms with Crippen molar-refractivity contribution in [2.45, 2.75) is 6.92 Å². The number of rotatable bonds is 1. The number of aromatic nitrogens is 2. The summed E-state index contributed by atoms with van der Waals surface area (Å²) >= 11 is 5.84. The first-order valence-corrected chi connectivity index (χ1v) is 4.69. The molecule has 5 heteroatoms. The molecule has 0 spiro atoms. The topological polar surface area (TPSA) is 68.9 Å². The van der Waals surface area contributed by atoms with E-state index < -0.39 is 0 Å². The van der Waals surface area contributed by atoms with Gasteiger partial charge in [0.15, 0.2) is 5.78 Å². The van der Waals surface area contributed by atoms with E-state index in [2.05, 4.69) is 9.97 Å². The van der Waals surface area contributed by atoms with Crippen LogP contribution in [0.1, 0.15) is 17.4 Å². The van der Waals surface area contributed by atoms with Gasteiger partial charge in [-0.1, -0.05) is 11.6 Å². The Morgan fingerprint density at radius 1 is 1.40 bits per heavy atom. The molecule has 76 valence electrons. The lowest BCUT2D eigenvalue weighted by Crippen LogP contribution is -2.04. The van der Waals surface area contributed by atoms with Crippen LogP contribution in [0.3, 0.4) is 0 Å². The van der Waals surface area contributed by atoms with Crippen molar-refractivity contribution in [1.82, 2.24) is 9.97 Å². The van der Waals surface area contributed by atoms with Crippen LogP contribution in [0, 0.1) is 0 Å². The van der Waals surface area contributed by atoms with Gasteiger partial charge in [-0.3, -0.25) is 4.79 Å². The Bertz CT molecular complexity index is 554. The van der Waals surface area contributed by atoms with E-state index in [0.717, 1.165) is 0 Å². The van der Waals surface area contributed by atoms with E-state index >= 15 is 0 Å². The Morgan fingerprint density at radius 3 is 2.80 bits per heavy atom. The molecule has 4 nitrogen and oxygen atoms in total. The normalized spacial score (nSPS) is 10.5. The van der Waals surface area contributed by atoms with Crippen LogP contribution < -0.4 is 5.73 Å². The summed E-state index contributed by atoms with van der Waals surface area (Å²) in [6, 6.07) is 5.06. The Morgan fingerprint density at radius 2 is 2.13 bits per heavy atom. The highest BCUT2D eigenvalue weighted by Gasteiger charge is 2.10. The molecule has 2 rings (SSSR count). The third-order valence-electron chi connectivity index (χ3n) is 2.01. The van der Waals surface area contributed by atoms with Gasteiger partial charge in [0.1, 0.15) is 5.69 Å². The van der Waals surface area contributed by atoms with Gasteiger partial charge in [0.05, 0.1) is 5.52 Å². The molecule has 1 aromatic carbocycles. The molecule has 0 saturated heterocycles. The van der Waals surface area contributed by atoms with Crippen LogP contribution in [0.25, 0.3) is 10.9 Å². The quantitative estimate of drug-likeness (QED) is 0.749. The summed E-state index contributed by atoms with van der Waals surface area (Å²) in [5.41, 5.74) is 6.42. The lowest BCUT2D eigenvalue weighted by Gasteiger charge is -2.03. The molecule has 0 aliphatic heterocycles. The Labute approximate surface area is 91.1 Å². The summed E-state index contributed by atoms with van der Waals surface area (Å²) in [6.45, 7) is 1.43. The molecular formula is C10H8ClN3O. The number of carbonyl (C=O) groups is 1. The van der Waals surface area contributed by atoms with E-state index in [9.17, 15) is 4.79 Å². The largest absolute Gasteiger partial charge is 0.368 e. The number of hydrogen-bond donors (Lipinski definition) is 1. The van der Waals surface area contributed by atoms with Crippen LogP contribution in [-0.4, -0.2) is 15.8 Å². The van der Waals surface area contributed by atoms with Gasteiger partial charge < -0.3 is 5.73 Å². The van der Waals surface area contributed by atoms with Crippen molar-refractivity contribution in [1.29, 1.82) is 0 Å². The van der Waals surface area contributed by atoms with Crippen LogP contribution in [0.5, 0.6) is 0 Å². The maximum atomic E-state index is 11.3. The summed E-state index contributed by atoms with van der Waals surface area (Å²) in [6.07, 6.45) is 0. The number of Topliss-reactive ketones (excluding diaryl/α,β-unsaturated/α-hetero) is 1. The van der Waals surface area contributed by atoms with Gasteiger partial charge in [-0.25, -0.2) is 9.97 Å². The molecule has 1 heterocycles. The van der Waals surface area contributed by atoms with Gasteiger partial charge in [-0.05, 0) is 18.2 Å². The van der Waals surface area contributed by atoms with Crippen LogP contribution in [0.2, 0.25) is 5.02 Å². The molecule has 2 aromatic rings. The fourth-order valence-electron chi connectivity index (χ4n) is 1.39. The maximum Gasteiger partial charge on any atom is 0.221 e. The first kappa shape index (κ1) is 9.86. The number of carbonyl (C=O) groups excluding carboxylic acids is 1. The number of ketones is 1. The van der Waals surface area contributed by atoms with Crippen molar-refractivity contribution in [3.63, 3.8) is 0 Å². The zero-order chi connectivity index (χ0) is 11.0. The van der Waals surface area contributed by atoms with Crippen LogP contribution in [-0.2, 0) is 0 Å². The average Bonchev–Trinajstić information content (AvgIpc) is 2.17. The lowest BCUT2D eigenvalue weighted by atomic mass is 10.1. The monoisotopic (exact) mass is 221 g/mol. The summed E-state index contributed by atoms with van der Waals surface area (Å²) < 4.78 is 0. The van der Waals surface area contributed by atoms with Crippen molar-refractivity contribution in [2.24, 2.45) is 0 Å². The highest BCUT2D eigenvalue weighted by atomic mass is 35.5. The van der Waals surface area contributed by atoms with E-state index in [1.807, 2.05) is 0 Å². The number of benzene rings is 1. The molecule has 0 saturated carbocycles. The minimum Gasteiger partial charge on any atom is -0.368 e. The Kier molecular flexibility index (Phi) is 2.28. The predicted octanol–water partition coefficient (Wildman–Crippen LogP) is 2.07. The van der Waals surface area contributed by atoms with E-state index in [1.54, 1.807) is 18.2 Å². The SMILES string of the molecule is CC(=O)c1nc(N)nc2ccc(Cl)cc12. The maximum absolute atomic E-state index is 11.3. The number of halogens is 1. The van der Waals surface area contributed by atoms with Crippen molar-refractivity contribution < 1.29 is 4.79 Å². The first-order valence-electron chi connectivity index (χ1n) is 4.31. The molecule has 0 aliphatic carbocycles. The van der Waals surface area contributed by atoms with E-state index in [4.69, 9.17) is 17.3 Å². The molecule has 1 aromatic heterocycles. The minimum absolute atomic E-state index is 0.0926. The second-order valence-electron chi connectivity index (χ2n) is 3.15. The second-order valence-corrected chi connectivity index (χ2v) is 3.58. The van der Waals surface area contributed by atoms with Crippen LogP contribution >= 0.6 is 11.6 Å². The predicted molar refractivity (Wildman–Crippen MR) is 59.0 cm³/mol. The second kappa shape index (κ2) is 3.47. The van der Waals surface area contributed by atoms with Crippen molar-refractivity contribution >= 4 is 34.2 Å². The van der Waals surface area contributed by atoms with Crippen LogP contribution in [0.15, 0.2) is 18.2 Å². The Hall–Kier alpha value is -1.68. The molecule has 0 unspecified atom stereocenters. The van der Waals surface area contributed by atoms with Gasteiger partial charge in [-0.15, -0.1) is 0 Å². The zero-order valence-electron chi connectivity index (χ0n) is 7.99. The number of fused-ring (bicyclic) bond motifs is 1. The summed E-state index contributed by atoms with van der Waals surface area (Å²) in [4.78, 5) is 19.3. The molecule has 0 bridgehead atoms. The fourth-order valence-corrected chi connectivity index (χ4v) is 1.56. The van der Waals surface area contributed by atoms with E-state index in [0.29, 0.717) is 21.6 Å². The van der Waals surface area contributed by atoms with Gasteiger partial charge in [0, 0.05) is 17.3 Å². The highest BCUT2D eigenvalue weighted by molar-refractivity contribution is 6.31. The lowest BCUT2D eigenvalue weighted by molar-refractivity contribution is 0.101. The fraction of sp³-hybridized carbons (Fsp3) is 0.100. The molecule has 0 aliphatic rings.